The summed E-state index contributed by atoms with van der Waals surface area (Å²) >= 11 is 0. The fraction of sp³-hybridized carbons (Fsp3) is 0.643. The van der Waals surface area contributed by atoms with E-state index in [1.54, 1.807) is 6.07 Å². The highest BCUT2D eigenvalue weighted by Crippen LogP contribution is 2.10. The second kappa shape index (κ2) is 6.73. The summed E-state index contributed by atoms with van der Waals surface area (Å²) in [5.41, 5.74) is 0. The zero-order valence-corrected chi connectivity index (χ0v) is 11.6. The van der Waals surface area contributed by atoms with Crippen LogP contribution in [-0.2, 0) is 11.3 Å². The smallest absolute Gasteiger partial charge is 0.373 e. The van der Waals surface area contributed by atoms with Gasteiger partial charge in [0.2, 0.25) is 5.76 Å². The van der Waals surface area contributed by atoms with E-state index in [4.69, 9.17) is 4.42 Å². The van der Waals surface area contributed by atoms with Gasteiger partial charge < -0.3 is 19.4 Å². The molecule has 0 saturated carbocycles. The molecule has 0 bridgehead atoms. The predicted molar refractivity (Wildman–Crippen MR) is 72.0 cm³/mol. The van der Waals surface area contributed by atoms with Crippen molar-refractivity contribution in [3.63, 3.8) is 0 Å². The van der Waals surface area contributed by atoms with Gasteiger partial charge in [-0.05, 0) is 45.0 Å². The van der Waals surface area contributed by atoms with Crippen molar-refractivity contribution in [2.75, 3.05) is 26.7 Å². The van der Waals surface area contributed by atoms with Crippen molar-refractivity contribution in [2.45, 2.75) is 32.4 Å². The van der Waals surface area contributed by atoms with E-state index in [-0.39, 0.29) is 5.76 Å². The van der Waals surface area contributed by atoms with E-state index >= 15 is 0 Å². The number of hydrogen-bond donors (Lipinski definition) is 1. The van der Waals surface area contributed by atoms with E-state index in [1.165, 1.54) is 33.0 Å². The number of furan rings is 1. The monoisotopic (exact) mass is 266 g/mol. The molecule has 19 heavy (non-hydrogen) atoms. The molecule has 1 atom stereocenters. The van der Waals surface area contributed by atoms with Crippen molar-refractivity contribution < 1.29 is 13.9 Å². The molecule has 1 aliphatic rings. The van der Waals surface area contributed by atoms with Crippen LogP contribution < -0.4 is 5.32 Å². The molecule has 1 fully saturated rings. The average Bonchev–Trinajstić information content (AvgIpc) is 3.06. The minimum atomic E-state index is -0.434. The normalized spacial score (nSPS) is 17.6. The van der Waals surface area contributed by atoms with Crippen LogP contribution in [0, 0.1) is 0 Å². The zero-order chi connectivity index (χ0) is 13.7. The van der Waals surface area contributed by atoms with Crippen molar-refractivity contribution in [1.29, 1.82) is 0 Å². The number of likely N-dealkylation sites (tertiary alicyclic amines) is 1. The Labute approximate surface area is 113 Å². The lowest BCUT2D eigenvalue weighted by molar-refractivity contribution is 0.0563. The van der Waals surface area contributed by atoms with Crippen LogP contribution in [0.5, 0.6) is 0 Å². The fourth-order valence-electron chi connectivity index (χ4n) is 2.38. The molecule has 1 aromatic heterocycles. The maximum Gasteiger partial charge on any atom is 0.373 e. The van der Waals surface area contributed by atoms with Crippen LogP contribution in [0.25, 0.3) is 0 Å². The van der Waals surface area contributed by atoms with Gasteiger partial charge in [-0.25, -0.2) is 4.79 Å². The number of rotatable bonds is 6. The van der Waals surface area contributed by atoms with Crippen molar-refractivity contribution in [2.24, 2.45) is 0 Å². The minimum absolute atomic E-state index is 0.256. The van der Waals surface area contributed by atoms with E-state index in [0.717, 1.165) is 12.3 Å². The van der Waals surface area contributed by atoms with Crippen LogP contribution in [0.15, 0.2) is 16.5 Å². The number of methoxy groups -OCH3 is 1. The second-order valence-electron chi connectivity index (χ2n) is 5.05. The standard InChI is InChI=1S/C14H22N2O3/c1-11(10-16-7-3-4-8-16)15-9-12-5-6-13(19-12)14(17)18-2/h5-6,11,15H,3-4,7-10H2,1-2H3. The van der Waals surface area contributed by atoms with E-state index in [0.29, 0.717) is 12.6 Å². The topological polar surface area (TPSA) is 54.7 Å². The third-order valence-electron chi connectivity index (χ3n) is 3.40. The summed E-state index contributed by atoms with van der Waals surface area (Å²) in [6.45, 7) is 6.28. The Morgan fingerprint density at radius 2 is 2.21 bits per heavy atom. The van der Waals surface area contributed by atoms with Crippen molar-refractivity contribution in [3.05, 3.63) is 23.7 Å². The molecule has 106 valence electrons. The first-order chi connectivity index (χ1) is 9.19. The SMILES string of the molecule is COC(=O)c1ccc(CNC(C)CN2CCCC2)o1. The molecule has 0 radical (unpaired) electrons. The Balaban J connectivity index is 1.74. The van der Waals surface area contributed by atoms with Gasteiger partial charge in [0.15, 0.2) is 0 Å². The van der Waals surface area contributed by atoms with Gasteiger partial charge >= 0.3 is 5.97 Å². The van der Waals surface area contributed by atoms with Crippen LogP contribution in [0.4, 0.5) is 0 Å². The fourth-order valence-corrected chi connectivity index (χ4v) is 2.38. The molecule has 1 aliphatic heterocycles. The lowest BCUT2D eigenvalue weighted by atomic mass is 10.3. The summed E-state index contributed by atoms with van der Waals surface area (Å²) in [4.78, 5) is 13.7. The summed E-state index contributed by atoms with van der Waals surface area (Å²) in [5, 5.41) is 3.41. The Morgan fingerprint density at radius 3 is 2.89 bits per heavy atom. The van der Waals surface area contributed by atoms with Gasteiger partial charge in [-0.2, -0.15) is 0 Å². The van der Waals surface area contributed by atoms with Gasteiger partial charge in [0.05, 0.1) is 13.7 Å². The highest BCUT2D eigenvalue weighted by Gasteiger charge is 2.15. The maximum atomic E-state index is 11.3. The quantitative estimate of drug-likeness (QED) is 0.793. The average molecular weight is 266 g/mol. The van der Waals surface area contributed by atoms with E-state index in [1.807, 2.05) is 6.07 Å². The molecular formula is C14H22N2O3. The van der Waals surface area contributed by atoms with Crippen molar-refractivity contribution in [3.8, 4) is 0 Å². The van der Waals surface area contributed by atoms with Gasteiger partial charge in [0, 0.05) is 12.6 Å². The summed E-state index contributed by atoms with van der Waals surface area (Å²) in [6.07, 6.45) is 2.63. The van der Waals surface area contributed by atoms with Gasteiger partial charge in [-0.3, -0.25) is 0 Å². The number of nitrogens with one attached hydrogen (secondary N) is 1. The number of esters is 1. The van der Waals surface area contributed by atoms with Crippen LogP contribution >= 0.6 is 0 Å². The number of nitrogens with zero attached hydrogens (tertiary/aromatic N) is 1. The first-order valence-corrected chi connectivity index (χ1v) is 6.82. The highest BCUT2D eigenvalue weighted by atomic mass is 16.5. The Hall–Kier alpha value is -1.33. The largest absolute Gasteiger partial charge is 0.463 e. The first kappa shape index (κ1) is 14.1. The molecule has 0 spiro atoms. The summed E-state index contributed by atoms with van der Waals surface area (Å²) in [5.74, 6) is 0.580. The number of carbonyl (C=O) groups excluding carboxylic acids is 1. The van der Waals surface area contributed by atoms with Crippen LogP contribution in [-0.4, -0.2) is 43.7 Å². The number of hydrogen-bond acceptors (Lipinski definition) is 5. The van der Waals surface area contributed by atoms with Crippen LogP contribution in [0.2, 0.25) is 0 Å². The molecule has 0 aromatic carbocycles. The van der Waals surface area contributed by atoms with E-state index < -0.39 is 5.97 Å². The molecule has 0 amide bonds. The third kappa shape index (κ3) is 4.08. The van der Waals surface area contributed by atoms with Crippen LogP contribution in [0.3, 0.4) is 0 Å². The van der Waals surface area contributed by atoms with E-state index in [2.05, 4.69) is 21.9 Å². The van der Waals surface area contributed by atoms with Gasteiger partial charge in [-0.1, -0.05) is 0 Å². The molecule has 5 heteroatoms. The van der Waals surface area contributed by atoms with E-state index in [9.17, 15) is 4.79 Å². The number of carbonyl (C=O) groups is 1. The summed E-state index contributed by atoms with van der Waals surface area (Å²) in [6, 6.07) is 3.86. The van der Waals surface area contributed by atoms with Crippen molar-refractivity contribution in [1.82, 2.24) is 10.2 Å². The lowest BCUT2D eigenvalue weighted by Gasteiger charge is -2.20. The third-order valence-corrected chi connectivity index (χ3v) is 3.40. The zero-order valence-electron chi connectivity index (χ0n) is 11.6. The van der Waals surface area contributed by atoms with Gasteiger partial charge in [-0.15, -0.1) is 0 Å². The van der Waals surface area contributed by atoms with Gasteiger partial charge in [0.25, 0.3) is 0 Å². The Bertz CT molecular complexity index is 411. The maximum absolute atomic E-state index is 11.3. The molecule has 5 nitrogen and oxygen atoms in total. The molecule has 2 heterocycles. The molecule has 1 saturated heterocycles. The molecular weight excluding hydrogens is 244 g/mol. The predicted octanol–water partition coefficient (Wildman–Crippen LogP) is 1.64. The summed E-state index contributed by atoms with van der Waals surface area (Å²) < 4.78 is 10.0. The minimum Gasteiger partial charge on any atom is -0.463 e. The summed E-state index contributed by atoms with van der Waals surface area (Å²) in [7, 11) is 1.35. The molecule has 0 aliphatic carbocycles. The van der Waals surface area contributed by atoms with Gasteiger partial charge in [0.1, 0.15) is 5.76 Å². The Morgan fingerprint density at radius 1 is 1.47 bits per heavy atom. The second-order valence-corrected chi connectivity index (χ2v) is 5.05. The first-order valence-electron chi connectivity index (χ1n) is 6.82. The lowest BCUT2D eigenvalue weighted by Crippen LogP contribution is -2.37. The molecule has 1 aromatic rings. The van der Waals surface area contributed by atoms with Crippen LogP contribution in [0.1, 0.15) is 36.1 Å². The number of ether oxygens (including phenoxy) is 1. The molecule has 2 rings (SSSR count). The molecule has 1 N–H and O–H groups in total. The molecule has 1 unspecified atom stereocenters. The highest BCUT2D eigenvalue weighted by molar-refractivity contribution is 5.86. The Kier molecular flexibility index (Phi) is 4.99. The van der Waals surface area contributed by atoms with Crippen molar-refractivity contribution >= 4 is 5.97 Å².